The Bertz CT molecular complexity index is 856. The van der Waals surface area contributed by atoms with E-state index in [1.807, 2.05) is 12.1 Å². The summed E-state index contributed by atoms with van der Waals surface area (Å²) in [5.74, 6) is 0.725. The first-order valence-electron chi connectivity index (χ1n) is 7.49. The summed E-state index contributed by atoms with van der Waals surface area (Å²) in [6.07, 6.45) is 0. The minimum absolute atomic E-state index is 0.0792. The molecular weight excluding hydrogens is 363 g/mol. The van der Waals surface area contributed by atoms with Gasteiger partial charge in [-0.25, -0.2) is 4.79 Å². The molecule has 1 heterocycles. The van der Waals surface area contributed by atoms with E-state index >= 15 is 0 Å². The molecule has 0 aliphatic carbocycles. The Morgan fingerprint density at radius 3 is 2.44 bits per heavy atom. The van der Waals surface area contributed by atoms with Crippen LogP contribution in [-0.2, 0) is 18.0 Å². The largest absolute Gasteiger partial charge is 0.486 e. The summed E-state index contributed by atoms with van der Waals surface area (Å²) in [6, 6.07) is 17.4. The van der Waals surface area contributed by atoms with E-state index in [0.29, 0.717) is 21.6 Å². The van der Waals surface area contributed by atoms with E-state index in [-0.39, 0.29) is 19.0 Å². The molecule has 0 unspecified atom stereocenters. The number of esters is 1. The average molecular weight is 377 g/mol. The average Bonchev–Trinajstić information content (AvgIpc) is 3.09. The van der Waals surface area contributed by atoms with Crippen molar-refractivity contribution >= 4 is 29.2 Å². The zero-order valence-electron chi connectivity index (χ0n) is 13.1. The van der Waals surface area contributed by atoms with E-state index in [2.05, 4.69) is 0 Å². The van der Waals surface area contributed by atoms with E-state index < -0.39 is 5.97 Å². The van der Waals surface area contributed by atoms with Crippen LogP contribution in [0.25, 0.3) is 0 Å². The maximum absolute atomic E-state index is 12.0. The molecule has 0 amide bonds. The molecule has 0 saturated heterocycles. The first-order chi connectivity index (χ1) is 12.1. The number of halogens is 2. The number of furan rings is 1. The summed E-state index contributed by atoms with van der Waals surface area (Å²) in [4.78, 5) is 12.0. The number of benzene rings is 2. The molecule has 0 atom stereocenters. The molecule has 2 aromatic carbocycles. The van der Waals surface area contributed by atoms with Gasteiger partial charge in [-0.15, -0.1) is 0 Å². The van der Waals surface area contributed by atoms with Crippen molar-refractivity contribution < 1.29 is 18.7 Å². The van der Waals surface area contributed by atoms with E-state index in [0.717, 1.165) is 5.56 Å². The van der Waals surface area contributed by atoms with Crippen LogP contribution in [0.1, 0.15) is 21.9 Å². The first kappa shape index (κ1) is 17.4. The Balaban J connectivity index is 1.54. The van der Waals surface area contributed by atoms with Crippen LogP contribution >= 0.6 is 23.2 Å². The number of carbonyl (C=O) groups is 1. The normalized spacial score (nSPS) is 10.5. The molecular formula is C19H14Cl2O4. The predicted molar refractivity (Wildman–Crippen MR) is 95.1 cm³/mol. The van der Waals surface area contributed by atoms with Gasteiger partial charge in [0.05, 0.1) is 0 Å². The maximum atomic E-state index is 12.0. The topological polar surface area (TPSA) is 48.7 Å². The minimum atomic E-state index is -0.558. The molecule has 0 bridgehead atoms. The van der Waals surface area contributed by atoms with E-state index in [9.17, 15) is 4.79 Å². The summed E-state index contributed by atoms with van der Waals surface area (Å²) in [5.41, 5.74) is 0.732. The lowest BCUT2D eigenvalue weighted by atomic mass is 10.2. The first-order valence-corrected chi connectivity index (χ1v) is 8.25. The fourth-order valence-electron chi connectivity index (χ4n) is 2.08. The van der Waals surface area contributed by atoms with Crippen molar-refractivity contribution in [1.82, 2.24) is 0 Å². The van der Waals surface area contributed by atoms with Gasteiger partial charge in [0.15, 0.2) is 0 Å². The zero-order valence-corrected chi connectivity index (χ0v) is 14.6. The summed E-state index contributed by atoms with van der Waals surface area (Å²) >= 11 is 11.8. The molecule has 1 aromatic heterocycles. The minimum Gasteiger partial charge on any atom is -0.486 e. The van der Waals surface area contributed by atoms with Crippen molar-refractivity contribution in [2.45, 2.75) is 13.2 Å². The molecule has 128 valence electrons. The molecule has 0 aliphatic rings. The van der Waals surface area contributed by atoms with Gasteiger partial charge >= 0.3 is 5.97 Å². The number of hydrogen-bond donors (Lipinski definition) is 0. The van der Waals surface area contributed by atoms with Crippen molar-refractivity contribution in [1.29, 1.82) is 0 Å². The Labute approximate surface area is 154 Å². The van der Waals surface area contributed by atoms with Crippen molar-refractivity contribution in [2.24, 2.45) is 0 Å². The van der Waals surface area contributed by atoms with Gasteiger partial charge in [0.25, 0.3) is 0 Å². The van der Waals surface area contributed by atoms with Gasteiger partial charge in [0.2, 0.25) is 5.76 Å². The van der Waals surface area contributed by atoms with Crippen LogP contribution in [0.3, 0.4) is 0 Å². The highest BCUT2D eigenvalue weighted by molar-refractivity contribution is 6.31. The zero-order chi connectivity index (χ0) is 17.6. The maximum Gasteiger partial charge on any atom is 0.374 e. The fourth-order valence-corrected chi connectivity index (χ4v) is 2.40. The number of hydrogen-bond acceptors (Lipinski definition) is 4. The standard InChI is InChI=1S/C19H14Cl2O4/c20-14-5-7-15(8-6-14)23-12-16-9-10-18(25-16)19(22)24-11-13-3-1-2-4-17(13)21/h1-10H,11-12H2. The molecule has 3 aromatic rings. The molecule has 6 heteroatoms. The Morgan fingerprint density at radius 1 is 0.920 bits per heavy atom. The smallest absolute Gasteiger partial charge is 0.374 e. The van der Waals surface area contributed by atoms with Gasteiger partial charge in [-0.1, -0.05) is 41.4 Å². The molecule has 0 aliphatic heterocycles. The van der Waals surface area contributed by atoms with Crippen LogP contribution in [0, 0.1) is 0 Å². The van der Waals surface area contributed by atoms with Crippen LogP contribution in [0.15, 0.2) is 65.1 Å². The van der Waals surface area contributed by atoms with Gasteiger partial charge in [-0.2, -0.15) is 0 Å². The van der Waals surface area contributed by atoms with Gasteiger partial charge in [0, 0.05) is 15.6 Å². The summed E-state index contributed by atoms with van der Waals surface area (Å²) in [7, 11) is 0. The second kappa shape index (κ2) is 8.10. The van der Waals surface area contributed by atoms with Crippen molar-refractivity contribution in [3.05, 3.63) is 87.8 Å². The molecule has 0 N–H and O–H groups in total. The summed E-state index contributed by atoms with van der Waals surface area (Å²) in [6.45, 7) is 0.273. The van der Waals surface area contributed by atoms with Crippen molar-refractivity contribution in [3.63, 3.8) is 0 Å². The number of rotatable bonds is 6. The van der Waals surface area contributed by atoms with Crippen LogP contribution in [0.5, 0.6) is 5.75 Å². The summed E-state index contributed by atoms with van der Waals surface area (Å²) in [5, 5.41) is 1.18. The third-order valence-electron chi connectivity index (χ3n) is 3.37. The molecule has 0 saturated carbocycles. The van der Waals surface area contributed by atoms with Crippen molar-refractivity contribution in [2.75, 3.05) is 0 Å². The SMILES string of the molecule is O=C(OCc1ccccc1Cl)c1ccc(COc2ccc(Cl)cc2)o1. The number of carbonyl (C=O) groups excluding carboxylic acids is 1. The molecule has 0 radical (unpaired) electrons. The molecule has 0 fully saturated rings. The predicted octanol–water partition coefficient (Wildman–Crippen LogP) is 5.52. The highest BCUT2D eigenvalue weighted by atomic mass is 35.5. The monoisotopic (exact) mass is 376 g/mol. The third kappa shape index (κ3) is 4.78. The van der Waals surface area contributed by atoms with Gasteiger partial charge in [0.1, 0.15) is 24.7 Å². The Kier molecular flexibility index (Phi) is 5.64. The molecule has 4 nitrogen and oxygen atoms in total. The van der Waals surface area contributed by atoms with Gasteiger partial charge in [-0.3, -0.25) is 0 Å². The molecule has 3 rings (SSSR count). The van der Waals surface area contributed by atoms with Crippen LogP contribution in [-0.4, -0.2) is 5.97 Å². The second-order valence-corrected chi connectivity index (χ2v) is 6.02. The van der Waals surface area contributed by atoms with E-state index in [1.165, 1.54) is 0 Å². The quantitative estimate of drug-likeness (QED) is 0.531. The third-order valence-corrected chi connectivity index (χ3v) is 3.99. The summed E-state index contributed by atoms with van der Waals surface area (Å²) < 4.78 is 16.2. The lowest BCUT2D eigenvalue weighted by Crippen LogP contribution is -2.04. The fraction of sp³-hybridized carbons (Fsp3) is 0.105. The lowest BCUT2D eigenvalue weighted by Gasteiger charge is -2.05. The second-order valence-electron chi connectivity index (χ2n) is 5.18. The molecule has 0 spiro atoms. The number of ether oxygens (including phenoxy) is 2. The van der Waals surface area contributed by atoms with Crippen LogP contribution in [0.4, 0.5) is 0 Å². The lowest BCUT2D eigenvalue weighted by molar-refractivity contribution is 0.0432. The Morgan fingerprint density at radius 2 is 1.68 bits per heavy atom. The Hall–Kier alpha value is -2.43. The highest BCUT2D eigenvalue weighted by Crippen LogP contribution is 2.19. The van der Waals surface area contributed by atoms with Gasteiger partial charge < -0.3 is 13.9 Å². The van der Waals surface area contributed by atoms with Crippen LogP contribution < -0.4 is 4.74 Å². The van der Waals surface area contributed by atoms with Crippen molar-refractivity contribution in [3.8, 4) is 5.75 Å². The van der Waals surface area contributed by atoms with E-state index in [1.54, 1.807) is 48.5 Å². The van der Waals surface area contributed by atoms with E-state index in [4.69, 9.17) is 37.1 Å². The molecule has 25 heavy (non-hydrogen) atoms. The highest BCUT2D eigenvalue weighted by Gasteiger charge is 2.14. The van der Waals surface area contributed by atoms with Gasteiger partial charge in [-0.05, 0) is 42.5 Å². The van der Waals surface area contributed by atoms with Crippen LogP contribution in [0.2, 0.25) is 10.0 Å².